The van der Waals surface area contributed by atoms with Crippen molar-refractivity contribution in [3.63, 3.8) is 0 Å². The molecule has 12 rings (SSSR count). The standard InChI is InChI=1S/C49H29N3O2/c1-3-15-30(16-4-1)44-35-20-8-11-23-39(35)50-48(51-44)31-27-28-34-33-19-7-10-22-37(33)49(38(34)29-31)46-43(36-21-9-13-25-41(36)53-46)45-47(49)54-42-26-14-12-24-40(42)52(45)32-17-5-2-6-18-32/h1-29H. The molecule has 0 amide bonds. The summed E-state index contributed by atoms with van der Waals surface area (Å²) in [6.07, 6.45) is 0. The number of allylic oxidation sites excluding steroid dienone is 1. The van der Waals surface area contributed by atoms with Crippen LogP contribution in [0.5, 0.6) is 5.75 Å². The first-order valence-corrected chi connectivity index (χ1v) is 18.3. The molecule has 0 N–H and O–H groups in total. The smallest absolute Gasteiger partial charge is 0.160 e. The van der Waals surface area contributed by atoms with E-state index >= 15 is 0 Å². The van der Waals surface area contributed by atoms with Crippen molar-refractivity contribution in [1.82, 2.24) is 9.97 Å². The van der Waals surface area contributed by atoms with E-state index in [1.54, 1.807) is 0 Å². The van der Waals surface area contributed by atoms with Gasteiger partial charge in [-0.25, -0.2) is 9.97 Å². The van der Waals surface area contributed by atoms with Crippen molar-refractivity contribution in [2.75, 3.05) is 4.90 Å². The molecule has 3 aliphatic rings. The average Bonchev–Trinajstić information content (AvgIpc) is 3.86. The first-order valence-electron chi connectivity index (χ1n) is 18.3. The fourth-order valence-corrected chi connectivity index (χ4v) is 9.01. The van der Waals surface area contributed by atoms with Gasteiger partial charge in [0.1, 0.15) is 16.8 Å². The molecule has 9 aromatic rings. The van der Waals surface area contributed by atoms with Crippen molar-refractivity contribution in [2.45, 2.75) is 5.41 Å². The molecule has 2 aromatic heterocycles. The Hall–Kier alpha value is -7.24. The number of hydrogen-bond acceptors (Lipinski definition) is 5. The van der Waals surface area contributed by atoms with Gasteiger partial charge in [0.15, 0.2) is 17.3 Å². The van der Waals surface area contributed by atoms with Crippen molar-refractivity contribution in [3.8, 4) is 39.5 Å². The van der Waals surface area contributed by atoms with Crippen LogP contribution in [0.1, 0.15) is 22.5 Å². The number of para-hydroxylation sites is 5. The molecule has 0 saturated heterocycles. The minimum atomic E-state index is -0.898. The van der Waals surface area contributed by atoms with Crippen LogP contribution in [0.2, 0.25) is 0 Å². The van der Waals surface area contributed by atoms with Gasteiger partial charge < -0.3 is 14.1 Å². The second kappa shape index (κ2) is 10.9. The summed E-state index contributed by atoms with van der Waals surface area (Å²) >= 11 is 0. The summed E-state index contributed by atoms with van der Waals surface area (Å²) in [4.78, 5) is 12.8. The van der Waals surface area contributed by atoms with Crippen LogP contribution < -0.4 is 9.64 Å². The molecule has 7 aromatic carbocycles. The Kier molecular flexibility index (Phi) is 5.92. The van der Waals surface area contributed by atoms with Gasteiger partial charge in [-0.1, -0.05) is 133 Å². The second-order valence-corrected chi connectivity index (χ2v) is 14.1. The van der Waals surface area contributed by atoms with E-state index in [9.17, 15) is 0 Å². The highest BCUT2D eigenvalue weighted by Crippen LogP contribution is 2.66. The molecule has 0 saturated carbocycles. The second-order valence-electron chi connectivity index (χ2n) is 14.1. The highest BCUT2D eigenvalue weighted by molar-refractivity contribution is 6.08. The van der Waals surface area contributed by atoms with E-state index in [0.29, 0.717) is 5.82 Å². The predicted molar refractivity (Wildman–Crippen MR) is 215 cm³/mol. The van der Waals surface area contributed by atoms with Crippen LogP contribution in [0, 0.1) is 0 Å². The molecular weight excluding hydrogens is 663 g/mol. The molecule has 1 atom stereocenters. The van der Waals surface area contributed by atoms with E-state index in [4.69, 9.17) is 19.1 Å². The van der Waals surface area contributed by atoms with Crippen molar-refractivity contribution in [2.24, 2.45) is 0 Å². The molecule has 0 fully saturated rings. The Bertz CT molecular complexity index is 3040. The summed E-state index contributed by atoms with van der Waals surface area (Å²) in [5.74, 6) is 3.15. The lowest BCUT2D eigenvalue weighted by molar-refractivity contribution is 0.346. The highest BCUT2D eigenvalue weighted by Gasteiger charge is 2.60. The topological polar surface area (TPSA) is 51.4 Å². The van der Waals surface area contributed by atoms with E-state index < -0.39 is 5.41 Å². The maximum absolute atomic E-state index is 7.28. The monoisotopic (exact) mass is 691 g/mol. The molecule has 0 radical (unpaired) electrons. The van der Waals surface area contributed by atoms with E-state index in [1.807, 2.05) is 30.3 Å². The molecule has 3 heterocycles. The third kappa shape index (κ3) is 3.82. The van der Waals surface area contributed by atoms with Crippen LogP contribution >= 0.6 is 0 Å². The van der Waals surface area contributed by atoms with Crippen molar-refractivity contribution in [1.29, 1.82) is 0 Å². The molecule has 1 aliphatic heterocycles. The number of fused-ring (bicyclic) bond motifs is 13. The van der Waals surface area contributed by atoms with Gasteiger partial charge in [-0.2, -0.15) is 0 Å². The van der Waals surface area contributed by atoms with Gasteiger partial charge in [-0.15, -0.1) is 0 Å². The van der Waals surface area contributed by atoms with E-state index in [2.05, 4.69) is 150 Å². The first kappa shape index (κ1) is 29.3. The zero-order valence-electron chi connectivity index (χ0n) is 28.9. The van der Waals surface area contributed by atoms with Crippen LogP contribution in [-0.2, 0) is 5.41 Å². The van der Waals surface area contributed by atoms with Gasteiger partial charge in [0.2, 0.25) is 0 Å². The molecule has 5 heteroatoms. The highest BCUT2D eigenvalue weighted by atomic mass is 16.5. The van der Waals surface area contributed by atoms with Gasteiger partial charge >= 0.3 is 0 Å². The molecule has 252 valence electrons. The maximum Gasteiger partial charge on any atom is 0.160 e. The van der Waals surface area contributed by atoms with Gasteiger partial charge in [0.05, 0.1) is 28.2 Å². The molecule has 1 unspecified atom stereocenters. The fraction of sp³-hybridized carbons (Fsp3) is 0.0204. The normalized spacial score (nSPS) is 16.3. The third-order valence-corrected chi connectivity index (χ3v) is 11.2. The summed E-state index contributed by atoms with van der Waals surface area (Å²) < 4.78 is 14.4. The van der Waals surface area contributed by atoms with Gasteiger partial charge in [-0.05, 0) is 64.7 Å². The van der Waals surface area contributed by atoms with Crippen molar-refractivity contribution in [3.05, 3.63) is 204 Å². The molecule has 2 aliphatic carbocycles. The Morgan fingerprint density at radius 1 is 0.537 bits per heavy atom. The van der Waals surface area contributed by atoms with Crippen LogP contribution in [0.3, 0.4) is 0 Å². The molecule has 5 nitrogen and oxygen atoms in total. The van der Waals surface area contributed by atoms with Crippen molar-refractivity contribution < 1.29 is 9.15 Å². The Labute approximate surface area is 311 Å². The SMILES string of the molecule is c1ccc(-c2nc(-c3ccc4c(c3)C3(C5=C(c6c3oc3ccccc63)N(c3ccccc3)c3ccccc3O5)c3ccccc3-4)nc3ccccc23)cc1. The minimum absolute atomic E-state index is 0.666. The van der Waals surface area contributed by atoms with E-state index in [0.717, 1.165) is 101 Å². The summed E-state index contributed by atoms with van der Waals surface area (Å²) in [5, 5.41) is 2.07. The Morgan fingerprint density at radius 2 is 1.24 bits per heavy atom. The number of hydrogen-bond donors (Lipinski definition) is 0. The Morgan fingerprint density at radius 3 is 2.13 bits per heavy atom. The van der Waals surface area contributed by atoms with Gasteiger partial charge in [-0.3, -0.25) is 0 Å². The van der Waals surface area contributed by atoms with E-state index in [1.165, 1.54) is 0 Å². The predicted octanol–water partition coefficient (Wildman–Crippen LogP) is 11.9. The van der Waals surface area contributed by atoms with E-state index in [-0.39, 0.29) is 0 Å². The average molecular weight is 692 g/mol. The zero-order valence-corrected chi connectivity index (χ0v) is 28.9. The first-order chi connectivity index (χ1) is 26.8. The van der Waals surface area contributed by atoms with Crippen LogP contribution in [-0.4, -0.2) is 9.97 Å². The van der Waals surface area contributed by atoms with Gasteiger partial charge in [0, 0.05) is 27.6 Å². The maximum atomic E-state index is 7.28. The number of furan rings is 1. The third-order valence-electron chi connectivity index (χ3n) is 11.2. The zero-order chi connectivity index (χ0) is 35.4. The number of benzene rings is 7. The number of aromatic nitrogens is 2. The van der Waals surface area contributed by atoms with Crippen LogP contribution in [0.4, 0.5) is 11.4 Å². The summed E-state index contributed by atoms with van der Waals surface area (Å²) in [5.41, 5.74) is 12.3. The number of anilines is 2. The lowest BCUT2D eigenvalue weighted by Gasteiger charge is -2.37. The molecule has 54 heavy (non-hydrogen) atoms. The van der Waals surface area contributed by atoms with Crippen LogP contribution in [0.25, 0.3) is 61.3 Å². The number of nitrogens with zero attached hydrogens (tertiary/aromatic N) is 3. The van der Waals surface area contributed by atoms with Crippen molar-refractivity contribution >= 4 is 38.9 Å². The summed E-state index contributed by atoms with van der Waals surface area (Å²) in [7, 11) is 0. The fourth-order valence-electron chi connectivity index (χ4n) is 9.01. The number of rotatable bonds is 3. The lowest BCUT2D eigenvalue weighted by atomic mass is 9.75. The summed E-state index contributed by atoms with van der Waals surface area (Å²) in [6.45, 7) is 0. The summed E-state index contributed by atoms with van der Waals surface area (Å²) in [6, 6.07) is 61.2. The van der Waals surface area contributed by atoms with Crippen LogP contribution in [0.15, 0.2) is 186 Å². The lowest BCUT2D eigenvalue weighted by Crippen LogP contribution is -2.33. The van der Waals surface area contributed by atoms with Gasteiger partial charge in [0.25, 0.3) is 0 Å². The molecular formula is C49H29N3O2. The quantitative estimate of drug-likeness (QED) is 0.185. The number of ether oxygens (including phenoxy) is 1. The minimum Gasteiger partial charge on any atom is -0.459 e. The molecule has 0 bridgehead atoms. The molecule has 1 spiro atoms. The largest absolute Gasteiger partial charge is 0.459 e. The Balaban J connectivity index is 1.19.